The summed E-state index contributed by atoms with van der Waals surface area (Å²) in [6.07, 6.45) is 1.79. The summed E-state index contributed by atoms with van der Waals surface area (Å²) in [6.45, 7) is 8.15. The Morgan fingerprint density at radius 2 is 1.84 bits per heavy atom. The first-order valence-electron chi connectivity index (χ1n) is 11.6. The van der Waals surface area contributed by atoms with Crippen LogP contribution in [0.5, 0.6) is 5.75 Å². The van der Waals surface area contributed by atoms with E-state index in [1.165, 1.54) is 11.3 Å². The normalized spacial score (nSPS) is 14.1. The van der Waals surface area contributed by atoms with Crippen LogP contribution in [0.4, 0.5) is 5.69 Å². The van der Waals surface area contributed by atoms with Gasteiger partial charge in [-0.05, 0) is 56.5 Å². The molecule has 172 valence electrons. The van der Waals surface area contributed by atoms with Gasteiger partial charge >= 0.3 is 0 Å². The second-order valence-corrected chi connectivity index (χ2v) is 8.28. The van der Waals surface area contributed by atoms with Crippen LogP contribution >= 0.6 is 0 Å². The number of carbonyl (C=O) groups is 2. The van der Waals surface area contributed by atoms with Crippen molar-refractivity contribution in [3.05, 3.63) is 60.2 Å². The number of ether oxygens (including phenoxy) is 1. The lowest BCUT2D eigenvalue weighted by molar-refractivity contribution is -0.136. The third-order valence-corrected chi connectivity index (χ3v) is 5.98. The van der Waals surface area contributed by atoms with Crippen molar-refractivity contribution in [2.75, 3.05) is 44.2 Å². The lowest BCUT2D eigenvalue weighted by atomic mass is 9.95. The van der Waals surface area contributed by atoms with Crippen molar-refractivity contribution in [2.45, 2.75) is 33.1 Å². The highest BCUT2D eigenvalue weighted by Crippen LogP contribution is 2.19. The second-order valence-electron chi connectivity index (χ2n) is 8.28. The molecule has 0 bridgehead atoms. The van der Waals surface area contributed by atoms with Crippen molar-refractivity contribution >= 4 is 17.5 Å². The van der Waals surface area contributed by atoms with Gasteiger partial charge in [0, 0.05) is 44.3 Å². The minimum absolute atomic E-state index is 0.0198. The van der Waals surface area contributed by atoms with E-state index in [0.717, 1.165) is 18.8 Å². The highest BCUT2D eigenvalue weighted by molar-refractivity contribution is 5.80. The van der Waals surface area contributed by atoms with Crippen LogP contribution in [0.3, 0.4) is 0 Å². The maximum absolute atomic E-state index is 12.6. The van der Waals surface area contributed by atoms with Crippen LogP contribution in [0, 0.1) is 12.8 Å². The van der Waals surface area contributed by atoms with Gasteiger partial charge in [0.1, 0.15) is 5.75 Å². The fourth-order valence-corrected chi connectivity index (χ4v) is 4.07. The number of amides is 2. The number of benzene rings is 2. The first-order valence-corrected chi connectivity index (χ1v) is 11.6. The molecular formula is C26H35N3O3. The number of rotatable bonds is 10. The van der Waals surface area contributed by atoms with E-state index < -0.39 is 0 Å². The SMILES string of the molecule is CCN(CCNC(=O)C1CCN(C(=O)CCOc2ccccc2)CC1)c1cccc(C)c1. The van der Waals surface area contributed by atoms with E-state index in [2.05, 4.69) is 48.3 Å². The number of likely N-dealkylation sites (tertiary alicyclic amines) is 1. The first kappa shape index (κ1) is 23.6. The molecule has 32 heavy (non-hydrogen) atoms. The van der Waals surface area contributed by atoms with Crippen LogP contribution in [-0.4, -0.2) is 56.0 Å². The van der Waals surface area contributed by atoms with Gasteiger partial charge in [-0.2, -0.15) is 0 Å². The second kappa shape index (κ2) is 12.1. The van der Waals surface area contributed by atoms with Crippen LogP contribution in [0.15, 0.2) is 54.6 Å². The molecule has 0 aromatic heterocycles. The lowest BCUT2D eigenvalue weighted by Gasteiger charge is -2.31. The van der Waals surface area contributed by atoms with E-state index in [4.69, 9.17) is 4.74 Å². The number of aryl methyl sites for hydroxylation is 1. The minimum atomic E-state index is -0.0198. The zero-order chi connectivity index (χ0) is 22.8. The molecule has 3 rings (SSSR count). The number of hydrogen-bond donors (Lipinski definition) is 1. The Balaban J connectivity index is 1.34. The number of nitrogens with one attached hydrogen (secondary N) is 1. The van der Waals surface area contributed by atoms with Gasteiger partial charge in [-0.15, -0.1) is 0 Å². The van der Waals surface area contributed by atoms with Crippen molar-refractivity contribution < 1.29 is 14.3 Å². The molecule has 1 fully saturated rings. The Hall–Kier alpha value is -3.02. The quantitative estimate of drug-likeness (QED) is 0.616. The molecule has 0 unspecified atom stereocenters. The number of para-hydroxylation sites is 1. The fraction of sp³-hybridized carbons (Fsp3) is 0.462. The van der Waals surface area contributed by atoms with Crippen LogP contribution < -0.4 is 15.0 Å². The predicted octanol–water partition coefficient (Wildman–Crippen LogP) is 3.65. The highest BCUT2D eigenvalue weighted by atomic mass is 16.5. The van der Waals surface area contributed by atoms with Crippen molar-refractivity contribution in [3.63, 3.8) is 0 Å². The van der Waals surface area contributed by atoms with Gasteiger partial charge in [-0.25, -0.2) is 0 Å². The van der Waals surface area contributed by atoms with Crippen LogP contribution in [0.1, 0.15) is 31.7 Å². The first-order chi connectivity index (χ1) is 15.6. The largest absolute Gasteiger partial charge is 0.493 e. The van der Waals surface area contributed by atoms with Crippen LogP contribution in [0.2, 0.25) is 0 Å². The smallest absolute Gasteiger partial charge is 0.225 e. The number of carbonyl (C=O) groups excluding carboxylic acids is 2. The summed E-state index contributed by atoms with van der Waals surface area (Å²) in [4.78, 5) is 29.2. The van der Waals surface area contributed by atoms with Crippen molar-refractivity contribution in [2.24, 2.45) is 5.92 Å². The molecule has 0 atom stereocenters. The zero-order valence-corrected chi connectivity index (χ0v) is 19.3. The topological polar surface area (TPSA) is 61.9 Å². The molecule has 6 heteroatoms. The van der Waals surface area contributed by atoms with Gasteiger partial charge in [0.2, 0.25) is 11.8 Å². The molecule has 0 saturated carbocycles. The molecule has 1 heterocycles. The standard InChI is InChI=1S/C26H35N3O3/c1-3-28(23-9-7-8-21(2)20-23)18-15-27-26(31)22-12-16-29(17-13-22)25(30)14-19-32-24-10-5-4-6-11-24/h4-11,20,22H,3,12-19H2,1-2H3,(H,27,31). The summed E-state index contributed by atoms with van der Waals surface area (Å²) >= 11 is 0. The molecule has 2 amide bonds. The molecule has 1 saturated heterocycles. The van der Waals surface area contributed by atoms with E-state index in [-0.39, 0.29) is 17.7 Å². The third kappa shape index (κ3) is 7.01. The monoisotopic (exact) mass is 437 g/mol. The van der Waals surface area contributed by atoms with E-state index in [1.807, 2.05) is 35.2 Å². The summed E-state index contributed by atoms with van der Waals surface area (Å²) in [6, 6.07) is 18.0. The molecule has 2 aromatic rings. The molecular weight excluding hydrogens is 402 g/mol. The Kier molecular flexibility index (Phi) is 8.96. The third-order valence-electron chi connectivity index (χ3n) is 5.98. The molecule has 1 aliphatic heterocycles. The van der Waals surface area contributed by atoms with Gasteiger partial charge < -0.3 is 19.9 Å². The highest BCUT2D eigenvalue weighted by Gasteiger charge is 2.27. The zero-order valence-electron chi connectivity index (χ0n) is 19.3. The number of piperidine rings is 1. The lowest BCUT2D eigenvalue weighted by Crippen LogP contribution is -2.44. The molecule has 6 nitrogen and oxygen atoms in total. The van der Waals surface area contributed by atoms with Crippen LogP contribution in [-0.2, 0) is 9.59 Å². The maximum atomic E-state index is 12.6. The average molecular weight is 438 g/mol. The van der Waals surface area contributed by atoms with Gasteiger partial charge in [0.15, 0.2) is 0 Å². The van der Waals surface area contributed by atoms with E-state index in [1.54, 1.807) is 0 Å². The van der Waals surface area contributed by atoms with Crippen molar-refractivity contribution in [1.82, 2.24) is 10.2 Å². The molecule has 0 aliphatic carbocycles. The average Bonchev–Trinajstić information content (AvgIpc) is 2.82. The summed E-state index contributed by atoms with van der Waals surface area (Å²) in [7, 11) is 0. The summed E-state index contributed by atoms with van der Waals surface area (Å²) < 4.78 is 5.62. The Labute approximate surface area is 191 Å². The predicted molar refractivity (Wildman–Crippen MR) is 128 cm³/mol. The Bertz CT molecular complexity index is 864. The summed E-state index contributed by atoms with van der Waals surface area (Å²) in [5, 5.41) is 3.09. The molecule has 1 aliphatic rings. The maximum Gasteiger partial charge on any atom is 0.225 e. The van der Waals surface area contributed by atoms with Gasteiger partial charge in [0.05, 0.1) is 13.0 Å². The van der Waals surface area contributed by atoms with Gasteiger partial charge in [-0.3, -0.25) is 9.59 Å². The van der Waals surface area contributed by atoms with Gasteiger partial charge in [0.25, 0.3) is 0 Å². The molecule has 0 spiro atoms. The fourth-order valence-electron chi connectivity index (χ4n) is 4.07. The molecule has 0 radical (unpaired) electrons. The summed E-state index contributed by atoms with van der Waals surface area (Å²) in [5.41, 5.74) is 2.42. The molecule has 1 N–H and O–H groups in total. The number of likely N-dealkylation sites (N-methyl/N-ethyl adjacent to an activating group) is 1. The van der Waals surface area contributed by atoms with Crippen LogP contribution in [0.25, 0.3) is 0 Å². The summed E-state index contributed by atoms with van der Waals surface area (Å²) in [5.74, 6) is 0.953. The Morgan fingerprint density at radius 3 is 2.53 bits per heavy atom. The van der Waals surface area contributed by atoms with Crippen molar-refractivity contribution in [3.8, 4) is 5.75 Å². The minimum Gasteiger partial charge on any atom is -0.493 e. The molecule has 2 aromatic carbocycles. The van der Waals surface area contributed by atoms with E-state index >= 15 is 0 Å². The van der Waals surface area contributed by atoms with Gasteiger partial charge in [-0.1, -0.05) is 30.3 Å². The van der Waals surface area contributed by atoms with E-state index in [9.17, 15) is 9.59 Å². The number of nitrogens with zero attached hydrogens (tertiary/aromatic N) is 2. The van der Waals surface area contributed by atoms with Crippen molar-refractivity contribution in [1.29, 1.82) is 0 Å². The number of hydrogen-bond acceptors (Lipinski definition) is 4. The Morgan fingerprint density at radius 1 is 1.09 bits per heavy atom. The number of anilines is 1. The van der Waals surface area contributed by atoms with E-state index in [0.29, 0.717) is 45.5 Å².